The number of carbonyl (C=O) groups is 1. The summed E-state index contributed by atoms with van der Waals surface area (Å²) in [5.41, 5.74) is 5.71. The molecule has 0 unspecified atom stereocenters. The Morgan fingerprint density at radius 1 is 0.917 bits per heavy atom. The second-order valence-electron chi connectivity index (χ2n) is 5.99. The van der Waals surface area contributed by atoms with Crippen molar-refractivity contribution >= 4 is 28.3 Å². The Bertz CT molecular complexity index is 901. The van der Waals surface area contributed by atoms with Gasteiger partial charge in [-0.05, 0) is 56.3 Å². The number of anilines is 2. The molecule has 5 heteroatoms. The zero-order valence-corrected chi connectivity index (χ0v) is 14.3. The van der Waals surface area contributed by atoms with E-state index in [0.29, 0.717) is 5.56 Å². The molecule has 5 nitrogen and oxygen atoms in total. The molecule has 2 aromatic carbocycles. The Balaban J connectivity index is 1.84. The lowest BCUT2D eigenvalue weighted by molar-refractivity contribution is 0.102. The van der Waals surface area contributed by atoms with Crippen LogP contribution < -0.4 is 10.2 Å². The molecule has 0 aliphatic rings. The molecule has 1 heterocycles. The minimum Gasteiger partial charge on any atom is -0.378 e. The monoisotopic (exact) mass is 320 g/mol. The van der Waals surface area contributed by atoms with Crippen LogP contribution in [0.2, 0.25) is 0 Å². The summed E-state index contributed by atoms with van der Waals surface area (Å²) in [7, 11) is 3.96. The average molecular weight is 320 g/mol. The number of nitrogens with one attached hydrogen (secondary N) is 1. The van der Waals surface area contributed by atoms with Crippen molar-refractivity contribution < 1.29 is 4.79 Å². The second-order valence-corrected chi connectivity index (χ2v) is 5.99. The SMILES string of the molecule is Cc1nc2ccc(C(=O)Nc3ccc(N(C)C)cc3)cc2nc1C. The molecule has 0 aliphatic carbocycles. The van der Waals surface area contributed by atoms with E-state index in [1.807, 2.05) is 63.2 Å². The van der Waals surface area contributed by atoms with Gasteiger partial charge in [0.15, 0.2) is 0 Å². The number of nitrogens with zero attached hydrogens (tertiary/aromatic N) is 3. The van der Waals surface area contributed by atoms with E-state index in [9.17, 15) is 4.79 Å². The van der Waals surface area contributed by atoms with E-state index in [-0.39, 0.29) is 5.91 Å². The number of fused-ring (bicyclic) bond motifs is 1. The van der Waals surface area contributed by atoms with Crippen molar-refractivity contribution in [3.05, 3.63) is 59.4 Å². The maximum atomic E-state index is 12.5. The predicted octanol–water partition coefficient (Wildman–Crippen LogP) is 3.56. The van der Waals surface area contributed by atoms with Crippen LogP contribution in [-0.4, -0.2) is 30.0 Å². The molecule has 0 bridgehead atoms. The van der Waals surface area contributed by atoms with Gasteiger partial charge in [-0.2, -0.15) is 0 Å². The van der Waals surface area contributed by atoms with Crippen LogP contribution in [0.3, 0.4) is 0 Å². The number of aromatic nitrogens is 2. The van der Waals surface area contributed by atoms with Crippen LogP contribution in [0.1, 0.15) is 21.7 Å². The molecule has 0 fully saturated rings. The van der Waals surface area contributed by atoms with Gasteiger partial charge in [0.1, 0.15) is 0 Å². The molecule has 122 valence electrons. The number of hydrogen-bond donors (Lipinski definition) is 1. The van der Waals surface area contributed by atoms with E-state index < -0.39 is 0 Å². The third kappa shape index (κ3) is 3.20. The molecular weight excluding hydrogens is 300 g/mol. The van der Waals surface area contributed by atoms with Crippen LogP contribution >= 0.6 is 0 Å². The summed E-state index contributed by atoms with van der Waals surface area (Å²) in [5, 5.41) is 2.91. The van der Waals surface area contributed by atoms with Gasteiger partial charge >= 0.3 is 0 Å². The van der Waals surface area contributed by atoms with E-state index in [1.54, 1.807) is 12.1 Å². The van der Waals surface area contributed by atoms with Crippen LogP contribution in [0.15, 0.2) is 42.5 Å². The van der Waals surface area contributed by atoms with Crippen molar-refractivity contribution in [2.75, 3.05) is 24.3 Å². The van der Waals surface area contributed by atoms with Gasteiger partial charge in [-0.1, -0.05) is 0 Å². The largest absolute Gasteiger partial charge is 0.378 e. The first-order chi connectivity index (χ1) is 11.4. The third-order valence-corrected chi connectivity index (χ3v) is 3.98. The van der Waals surface area contributed by atoms with E-state index >= 15 is 0 Å². The number of benzene rings is 2. The molecule has 3 aromatic rings. The smallest absolute Gasteiger partial charge is 0.255 e. The van der Waals surface area contributed by atoms with Crippen molar-refractivity contribution in [1.82, 2.24) is 9.97 Å². The normalized spacial score (nSPS) is 10.7. The molecule has 1 amide bonds. The molecule has 0 atom stereocenters. The summed E-state index contributed by atoms with van der Waals surface area (Å²) in [5.74, 6) is -0.158. The second kappa shape index (κ2) is 6.28. The van der Waals surface area contributed by atoms with E-state index in [1.165, 1.54) is 0 Å². The molecular formula is C19H20N4O. The summed E-state index contributed by atoms with van der Waals surface area (Å²) in [4.78, 5) is 23.5. The van der Waals surface area contributed by atoms with Crippen LogP contribution in [0.5, 0.6) is 0 Å². The standard InChI is InChI=1S/C19H20N4O/c1-12-13(2)21-18-11-14(5-10-17(18)20-12)19(24)22-15-6-8-16(9-7-15)23(3)4/h5-11H,1-4H3,(H,22,24). The van der Waals surface area contributed by atoms with Crippen molar-refractivity contribution in [3.8, 4) is 0 Å². The molecule has 0 saturated heterocycles. The maximum Gasteiger partial charge on any atom is 0.255 e. The highest BCUT2D eigenvalue weighted by molar-refractivity contribution is 6.05. The minimum atomic E-state index is -0.158. The summed E-state index contributed by atoms with van der Waals surface area (Å²) in [6.07, 6.45) is 0. The fourth-order valence-corrected chi connectivity index (χ4v) is 2.42. The van der Waals surface area contributed by atoms with Crippen molar-refractivity contribution in [3.63, 3.8) is 0 Å². The molecule has 0 aliphatic heterocycles. The van der Waals surface area contributed by atoms with Gasteiger partial charge in [-0.15, -0.1) is 0 Å². The topological polar surface area (TPSA) is 58.1 Å². The van der Waals surface area contributed by atoms with Gasteiger partial charge in [-0.3, -0.25) is 4.79 Å². The Kier molecular flexibility index (Phi) is 4.16. The van der Waals surface area contributed by atoms with Crippen molar-refractivity contribution in [2.45, 2.75) is 13.8 Å². The highest BCUT2D eigenvalue weighted by atomic mass is 16.1. The number of amides is 1. The maximum absolute atomic E-state index is 12.5. The highest BCUT2D eigenvalue weighted by Crippen LogP contribution is 2.18. The van der Waals surface area contributed by atoms with Crippen LogP contribution in [-0.2, 0) is 0 Å². The first-order valence-corrected chi connectivity index (χ1v) is 7.78. The molecule has 0 radical (unpaired) electrons. The van der Waals surface area contributed by atoms with E-state index in [2.05, 4.69) is 15.3 Å². The first kappa shape index (κ1) is 15.9. The summed E-state index contributed by atoms with van der Waals surface area (Å²) in [6.45, 7) is 3.85. The van der Waals surface area contributed by atoms with Crippen molar-refractivity contribution in [1.29, 1.82) is 0 Å². The number of aryl methyl sites for hydroxylation is 2. The Labute approximate surface area is 141 Å². The van der Waals surface area contributed by atoms with Crippen molar-refractivity contribution in [2.24, 2.45) is 0 Å². The summed E-state index contributed by atoms with van der Waals surface area (Å²) < 4.78 is 0. The predicted molar refractivity (Wildman–Crippen MR) is 97.7 cm³/mol. The number of hydrogen-bond acceptors (Lipinski definition) is 4. The van der Waals surface area contributed by atoms with Gasteiger partial charge in [0.2, 0.25) is 0 Å². The highest BCUT2D eigenvalue weighted by Gasteiger charge is 2.09. The van der Waals surface area contributed by atoms with Crippen LogP contribution in [0, 0.1) is 13.8 Å². The average Bonchev–Trinajstić information content (AvgIpc) is 2.56. The molecule has 24 heavy (non-hydrogen) atoms. The fourth-order valence-electron chi connectivity index (χ4n) is 2.42. The molecule has 0 spiro atoms. The Morgan fingerprint density at radius 3 is 2.17 bits per heavy atom. The zero-order valence-electron chi connectivity index (χ0n) is 14.3. The van der Waals surface area contributed by atoms with Gasteiger partial charge in [0.05, 0.1) is 22.4 Å². The Morgan fingerprint density at radius 2 is 1.54 bits per heavy atom. The molecule has 3 rings (SSSR count). The third-order valence-electron chi connectivity index (χ3n) is 3.98. The first-order valence-electron chi connectivity index (χ1n) is 7.78. The fraction of sp³-hybridized carbons (Fsp3) is 0.211. The lowest BCUT2D eigenvalue weighted by Crippen LogP contribution is -2.13. The van der Waals surface area contributed by atoms with Gasteiger partial charge in [0.25, 0.3) is 5.91 Å². The lowest BCUT2D eigenvalue weighted by atomic mass is 10.1. The van der Waals surface area contributed by atoms with Gasteiger partial charge in [-0.25, -0.2) is 9.97 Å². The minimum absolute atomic E-state index is 0.158. The summed E-state index contributed by atoms with van der Waals surface area (Å²) >= 11 is 0. The summed E-state index contributed by atoms with van der Waals surface area (Å²) in [6, 6.07) is 13.1. The number of rotatable bonds is 3. The molecule has 1 aromatic heterocycles. The van der Waals surface area contributed by atoms with Crippen LogP contribution in [0.25, 0.3) is 11.0 Å². The van der Waals surface area contributed by atoms with Gasteiger partial charge in [0, 0.05) is 31.0 Å². The zero-order chi connectivity index (χ0) is 17.3. The van der Waals surface area contributed by atoms with E-state index in [4.69, 9.17) is 0 Å². The molecule has 1 N–H and O–H groups in total. The quantitative estimate of drug-likeness (QED) is 0.801. The number of carbonyl (C=O) groups excluding carboxylic acids is 1. The Hall–Kier alpha value is -2.95. The van der Waals surface area contributed by atoms with Gasteiger partial charge < -0.3 is 10.2 Å². The van der Waals surface area contributed by atoms with Crippen LogP contribution in [0.4, 0.5) is 11.4 Å². The molecule has 0 saturated carbocycles. The van der Waals surface area contributed by atoms with E-state index in [0.717, 1.165) is 33.8 Å². The lowest BCUT2D eigenvalue weighted by Gasteiger charge is -2.13.